The van der Waals surface area contributed by atoms with E-state index in [1.165, 1.54) is 17.0 Å². The lowest BCUT2D eigenvalue weighted by Crippen LogP contribution is -2.32. The number of hydrogen-bond donors (Lipinski definition) is 2. The van der Waals surface area contributed by atoms with E-state index in [1.807, 2.05) is 25.1 Å². The van der Waals surface area contributed by atoms with Crippen LogP contribution in [0.2, 0.25) is 0 Å². The van der Waals surface area contributed by atoms with Crippen molar-refractivity contribution < 1.29 is 24.5 Å². The van der Waals surface area contributed by atoms with Crippen LogP contribution in [0, 0.1) is 0 Å². The van der Waals surface area contributed by atoms with E-state index in [0.717, 1.165) is 30.7 Å². The smallest absolute Gasteiger partial charge is 0.295 e. The van der Waals surface area contributed by atoms with Gasteiger partial charge in [0.05, 0.1) is 18.2 Å². The van der Waals surface area contributed by atoms with Crippen LogP contribution in [-0.2, 0) is 16.0 Å². The largest absolute Gasteiger partial charge is 0.508 e. The van der Waals surface area contributed by atoms with Crippen molar-refractivity contribution in [2.75, 3.05) is 33.8 Å². The molecule has 0 radical (unpaired) electrons. The summed E-state index contributed by atoms with van der Waals surface area (Å²) in [7, 11) is 3.90. The molecule has 2 aliphatic rings. The number of aliphatic hydroxyl groups is 1. The minimum absolute atomic E-state index is 0.0715. The van der Waals surface area contributed by atoms with Gasteiger partial charge in [0.25, 0.3) is 11.7 Å². The summed E-state index contributed by atoms with van der Waals surface area (Å²) in [6, 6.07) is 11.0. The molecule has 2 heterocycles. The number of Topliss-reactive ketones (excluding diaryl/α,β-unsaturated/α-hetero) is 1. The van der Waals surface area contributed by atoms with Gasteiger partial charge >= 0.3 is 0 Å². The van der Waals surface area contributed by atoms with Crippen LogP contribution in [0.4, 0.5) is 0 Å². The normalized spacial score (nSPS) is 19.8. The molecule has 7 nitrogen and oxygen atoms in total. The number of phenolic OH excluding ortho intramolecular Hbond substituents is 1. The fourth-order valence-corrected chi connectivity index (χ4v) is 4.33. The second kappa shape index (κ2) is 9.04. The Morgan fingerprint density at radius 1 is 1.16 bits per heavy atom. The standard InChI is InChI=1S/C25H28N2O5/c1-26(2)12-4-13-27-22(16-6-9-19(28)10-7-16)21(24(30)25(27)31)23(29)18-8-11-20-17(15-18)5-3-14-32-20/h6-11,15,22,28-29H,3-5,12-14H2,1-2H3/b23-21-. The molecule has 2 aromatic carbocycles. The van der Waals surface area contributed by atoms with Crippen molar-refractivity contribution in [2.45, 2.75) is 25.3 Å². The molecule has 2 aromatic rings. The van der Waals surface area contributed by atoms with E-state index < -0.39 is 17.7 Å². The molecular formula is C25H28N2O5. The van der Waals surface area contributed by atoms with Crippen LogP contribution in [0.5, 0.6) is 11.5 Å². The predicted molar refractivity (Wildman–Crippen MR) is 121 cm³/mol. The van der Waals surface area contributed by atoms with Crippen LogP contribution in [0.1, 0.15) is 35.6 Å². The van der Waals surface area contributed by atoms with Crippen LogP contribution in [0.25, 0.3) is 5.76 Å². The lowest BCUT2D eigenvalue weighted by molar-refractivity contribution is -0.139. The quantitative estimate of drug-likeness (QED) is 0.411. The van der Waals surface area contributed by atoms with Crippen molar-refractivity contribution in [2.24, 2.45) is 0 Å². The highest BCUT2D eigenvalue weighted by atomic mass is 16.5. The third kappa shape index (κ3) is 4.21. The maximum absolute atomic E-state index is 13.1. The molecule has 0 aromatic heterocycles. The molecule has 1 saturated heterocycles. The molecule has 1 atom stereocenters. The van der Waals surface area contributed by atoms with Crippen LogP contribution in [0.15, 0.2) is 48.0 Å². The Hall–Kier alpha value is -3.32. The molecule has 7 heteroatoms. The number of amides is 1. The number of likely N-dealkylation sites (tertiary alicyclic amines) is 1. The van der Waals surface area contributed by atoms with Gasteiger partial charge in [0, 0.05) is 12.1 Å². The fraction of sp³-hybridized carbons (Fsp3) is 0.360. The summed E-state index contributed by atoms with van der Waals surface area (Å²) < 4.78 is 5.65. The number of phenols is 1. The monoisotopic (exact) mass is 436 g/mol. The Balaban J connectivity index is 1.77. The zero-order valence-electron chi connectivity index (χ0n) is 18.4. The molecule has 0 aliphatic carbocycles. The molecule has 1 amide bonds. The second-order valence-electron chi connectivity index (χ2n) is 8.52. The van der Waals surface area contributed by atoms with Crippen LogP contribution >= 0.6 is 0 Å². The Bertz CT molecular complexity index is 1060. The minimum Gasteiger partial charge on any atom is -0.508 e. The molecule has 1 fully saturated rings. The second-order valence-corrected chi connectivity index (χ2v) is 8.52. The molecule has 4 rings (SSSR count). The van der Waals surface area contributed by atoms with Gasteiger partial charge in [-0.1, -0.05) is 12.1 Å². The number of aliphatic hydroxyl groups excluding tert-OH is 1. The summed E-state index contributed by atoms with van der Waals surface area (Å²) in [6.07, 6.45) is 2.41. The molecule has 168 valence electrons. The van der Waals surface area contributed by atoms with Crippen LogP contribution < -0.4 is 4.74 Å². The van der Waals surface area contributed by atoms with Gasteiger partial charge in [-0.15, -0.1) is 0 Å². The van der Waals surface area contributed by atoms with E-state index in [0.29, 0.717) is 30.7 Å². The summed E-state index contributed by atoms with van der Waals surface area (Å²) in [6.45, 7) is 1.80. The van der Waals surface area contributed by atoms with Crippen LogP contribution in [0.3, 0.4) is 0 Å². The molecule has 32 heavy (non-hydrogen) atoms. The van der Waals surface area contributed by atoms with E-state index in [4.69, 9.17) is 4.74 Å². The predicted octanol–water partition coefficient (Wildman–Crippen LogP) is 3.09. The van der Waals surface area contributed by atoms with Gasteiger partial charge in [-0.05, 0) is 81.4 Å². The Labute approximate surface area is 187 Å². The number of hydrogen-bond acceptors (Lipinski definition) is 6. The number of ether oxygens (including phenoxy) is 1. The topological polar surface area (TPSA) is 90.3 Å². The van der Waals surface area contributed by atoms with E-state index in [1.54, 1.807) is 24.3 Å². The highest BCUT2D eigenvalue weighted by molar-refractivity contribution is 6.46. The summed E-state index contributed by atoms with van der Waals surface area (Å²) in [5.74, 6) is -0.631. The zero-order valence-corrected chi connectivity index (χ0v) is 18.4. The highest BCUT2D eigenvalue weighted by Gasteiger charge is 2.45. The van der Waals surface area contributed by atoms with Gasteiger partial charge < -0.3 is 24.7 Å². The first-order valence-corrected chi connectivity index (χ1v) is 10.8. The third-order valence-electron chi connectivity index (χ3n) is 5.94. The molecule has 0 saturated carbocycles. The average molecular weight is 437 g/mol. The molecule has 2 aliphatic heterocycles. The lowest BCUT2D eigenvalue weighted by atomic mass is 9.94. The average Bonchev–Trinajstić information content (AvgIpc) is 3.03. The SMILES string of the molecule is CN(C)CCCN1C(=O)C(=O)/C(=C(\O)c2ccc3c(c2)CCCO3)C1c1ccc(O)cc1. The van der Waals surface area contributed by atoms with Crippen molar-refractivity contribution in [1.29, 1.82) is 0 Å². The Kier molecular flexibility index (Phi) is 6.19. The number of nitrogens with zero attached hydrogens (tertiary/aromatic N) is 2. The van der Waals surface area contributed by atoms with Crippen molar-refractivity contribution in [3.05, 3.63) is 64.7 Å². The third-order valence-corrected chi connectivity index (χ3v) is 5.94. The summed E-state index contributed by atoms with van der Waals surface area (Å²) in [4.78, 5) is 29.6. The molecule has 2 N–H and O–H groups in total. The Morgan fingerprint density at radius 2 is 1.91 bits per heavy atom. The first kappa shape index (κ1) is 21.9. The number of fused-ring (bicyclic) bond motifs is 1. The van der Waals surface area contributed by atoms with Crippen molar-refractivity contribution >= 4 is 17.4 Å². The minimum atomic E-state index is -0.718. The number of benzene rings is 2. The maximum Gasteiger partial charge on any atom is 0.295 e. The number of aryl methyl sites for hydroxylation is 1. The van der Waals surface area contributed by atoms with E-state index in [2.05, 4.69) is 0 Å². The van der Waals surface area contributed by atoms with Crippen LogP contribution in [-0.4, -0.2) is 65.5 Å². The lowest BCUT2D eigenvalue weighted by Gasteiger charge is -2.26. The molecular weight excluding hydrogens is 408 g/mol. The van der Waals surface area contributed by atoms with Gasteiger partial charge in [-0.3, -0.25) is 9.59 Å². The first-order valence-electron chi connectivity index (χ1n) is 10.8. The van der Waals surface area contributed by atoms with Gasteiger partial charge in [0.1, 0.15) is 17.3 Å². The highest BCUT2D eigenvalue weighted by Crippen LogP contribution is 2.40. The maximum atomic E-state index is 13.1. The number of rotatable bonds is 6. The number of carbonyl (C=O) groups excluding carboxylic acids is 2. The van der Waals surface area contributed by atoms with E-state index >= 15 is 0 Å². The molecule has 0 spiro atoms. The van der Waals surface area contributed by atoms with Gasteiger partial charge in [-0.25, -0.2) is 0 Å². The summed E-state index contributed by atoms with van der Waals surface area (Å²) >= 11 is 0. The van der Waals surface area contributed by atoms with E-state index in [-0.39, 0.29) is 17.1 Å². The summed E-state index contributed by atoms with van der Waals surface area (Å²) in [5, 5.41) is 20.9. The van der Waals surface area contributed by atoms with Gasteiger partial charge in [0.2, 0.25) is 0 Å². The first-order chi connectivity index (χ1) is 15.4. The molecule has 0 bridgehead atoms. The Morgan fingerprint density at radius 3 is 2.62 bits per heavy atom. The van der Waals surface area contributed by atoms with Crippen molar-refractivity contribution in [3.8, 4) is 11.5 Å². The van der Waals surface area contributed by atoms with Gasteiger partial charge in [-0.2, -0.15) is 0 Å². The number of ketones is 1. The number of carbonyl (C=O) groups is 2. The zero-order chi connectivity index (χ0) is 22.8. The summed E-state index contributed by atoms with van der Waals surface area (Å²) in [5.41, 5.74) is 2.20. The number of aromatic hydroxyl groups is 1. The molecule has 1 unspecified atom stereocenters. The fourth-order valence-electron chi connectivity index (χ4n) is 4.33. The van der Waals surface area contributed by atoms with E-state index in [9.17, 15) is 19.8 Å². The van der Waals surface area contributed by atoms with Gasteiger partial charge in [0.15, 0.2) is 0 Å². The van der Waals surface area contributed by atoms with Crippen molar-refractivity contribution in [1.82, 2.24) is 9.80 Å². The van der Waals surface area contributed by atoms with Crippen molar-refractivity contribution in [3.63, 3.8) is 0 Å².